The van der Waals surface area contributed by atoms with Crippen LogP contribution >= 0.6 is 0 Å². The first-order valence-corrected chi connectivity index (χ1v) is 10.5. The Bertz CT molecular complexity index is 836. The molecule has 0 aliphatic carbocycles. The average Bonchev–Trinajstić information content (AvgIpc) is 2.80. The van der Waals surface area contributed by atoms with E-state index < -0.39 is 0 Å². The van der Waals surface area contributed by atoms with Crippen LogP contribution in [0.5, 0.6) is 5.75 Å². The number of carbonyl (C=O) groups excluding carboxylic acids is 1. The number of likely N-dealkylation sites (tertiary alicyclic amines) is 1. The lowest BCUT2D eigenvalue weighted by Crippen LogP contribution is -2.50. The van der Waals surface area contributed by atoms with Gasteiger partial charge in [0.1, 0.15) is 5.75 Å². The van der Waals surface area contributed by atoms with Crippen molar-refractivity contribution in [1.82, 2.24) is 9.80 Å². The van der Waals surface area contributed by atoms with Gasteiger partial charge in [0.25, 0.3) is 5.91 Å². The minimum Gasteiger partial charge on any atom is -0.497 e. The summed E-state index contributed by atoms with van der Waals surface area (Å²) in [6.07, 6.45) is 2.09. The highest BCUT2D eigenvalue weighted by Gasteiger charge is 2.29. The molecule has 2 aliphatic heterocycles. The number of benzene rings is 2. The first kappa shape index (κ1) is 19.9. The van der Waals surface area contributed by atoms with Crippen molar-refractivity contribution in [2.24, 2.45) is 0 Å². The van der Waals surface area contributed by atoms with E-state index in [4.69, 9.17) is 9.47 Å². The van der Waals surface area contributed by atoms with Crippen molar-refractivity contribution in [3.63, 3.8) is 0 Å². The van der Waals surface area contributed by atoms with E-state index in [9.17, 15) is 4.79 Å². The molecule has 2 fully saturated rings. The van der Waals surface area contributed by atoms with Crippen LogP contribution in [0.1, 0.15) is 28.8 Å². The van der Waals surface area contributed by atoms with Crippen LogP contribution < -0.4 is 4.74 Å². The van der Waals surface area contributed by atoms with Crippen molar-refractivity contribution in [2.75, 3.05) is 46.5 Å². The van der Waals surface area contributed by atoms with Crippen molar-refractivity contribution in [3.8, 4) is 16.9 Å². The number of carbonyl (C=O) groups is 1. The summed E-state index contributed by atoms with van der Waals surface area (Å²) in [7, 11) is 1.67. The van der Waals surface area contributed by atoms with Crippen molar-refractivity contribution in [1.29, 1.82) is 0 Å². The number of amides is 1. The second-order valence-corrected chi connectivity index (χ2v) is 7.88. The Morgan fingerprint density at radius 3 is 2.34 bits per heavy atom. The highest BCUT2D eigenvalue weighted by molar-refractivity contribution is 5.97. The Labute approximate surface area is 173 Å². The second kappa shape index (κ2) is 8.97. The molecule has 2 aliphatic rings. The number of hydrogen-bond donors (Lipinski definition) is 0. The number of ether oxygens (including phenoxy) is 2. The van der Waals surface area contributed by atoms with E-state index in [-0.39, 0.29) is 5.91 Å². The SMILES string of the molecule is COc1ccc(-c2cccc(C(=O)N3CCC(N4CCOCC4)CC3)c2C)cc1. The average molecular weight is 395 g/mol. The lowest BCUT2D eigenvalue weighted by molar-refractivity contribution is 0.00158. The van der Waals surface area contributed by atoms with Crippen LogP contribution in [-0.2, 0) is 4.74 Å². The molecular formula is C24H30N2O3. The minimum atomic E-state index is 0.151. The lowest BCUT2D eigenvalue weighted by atomic mass is 9.95. The van der Waals surface area contributed by atoms with Crippen LogP contribution in [0.4, 0.5) is 0 Å². The van der Waals surface area contributed by atoms with E-state index in [2.05, 4.69) is 11.0 Å². The zero-order chi connectivity index (χ0) is 20.2. The summed E-state index contributed by atoms with van der Waals surface area (Å²) >= 11 is 0. The number of methoxy groups -OCH3 is 1. The fourth-order valence-corrected chi connectivity index (χ4v) is 4.50. The zero-order valence-electron chi connectivity index (χ0n) is 17.4. The van der Waals surface area contributed by atoms with Gasteiger partial charge in [-0.3, -0.25) is 9.69 Å². The molecule has 5 heteroatoms. The Morgan fingerprint density at radius 2 is 1.69 bits per heavy atom. The molecule has 1 amide bonds. The third-order valence-electron chi connectivity index (χ3n) is 6.28. The molecule has 29 heavy (non-hydrogen) atoms. The number of hydrogen-bond acceptors (Lipinski definition) is 4. The van der Waals surface area contributed by atoms with Crippen LogP contribution in [0.2, 0.25) is 0 Å². The van der Waals surface area contributed by atoms with E-state index in [1.165, 1.54) is 0 Å². The third kappa shape index (κ3) is 4.31. The predicted octanol–water partition coefficient (Wildman–Crippen LogP) is 3.61. The van der Waals surface area contributed by atoms with E-state index >= 15 is 0 Å². The monoisotopic (exact) mass is 394 g/mol. The van der Waals surface area contributed by atoms with Gasteiger partial charge in [-0.25, -0.2) is 0 Å². The number of piperidine rings is 1. The molecule has 4 rings (SSSR count). The van der Waals surface area contributed by atoms with Gasteiger partial charge in [-0.15, -0.1) is 0 Å². The van der Waals surface area contributed by atoms with E-state index in [0.717, 1.165) is 80.2 Å². The van der Waals surface area contributed by atoms with Crippen LogP contribution in [0.15, 0.2) is 42.5 Å². The standard InChI is InChI=1S/C24H30N2O3/c1-18-22(19-6-8-21(28-2)9-7-19)4-3-5-23(18)24(27)26-12-10-20(11-13-26)25-14-16-29-17-15-25/h3-9,20H,10-17H2,1-2H3. The molecule has 0 aromatic heterocycles. The molecule has 0 atom stereocenters. The van der Waals surface area contributed by atoms with Crippen molar-refractivity contribution in [2.45, 2.75) is 25.8 Å². The van der Waals surface area contributed by atoms with Gasteiger partial charge in [0.2, 0.25) is 0 Å². The number of rotatable bonds is 4. The van der Waals surface area contributed by atoms with Crippen molar-refractivity contribution < 1.29 is 14.3 Å². The van der Waals surface area contributed by atoms with Gasteiger partial charge in [-0.1, -0.05) is 24.3 Å². The molecule has 2 heterocycles. The molecule has 2 aromatic carbocycles. The molecule has 154 valence electrons. The summed E-state index contributed by atoms with van der Waals surface area (Å²) < 4.78 is 10.7. The summed E-state index contributed by atoms with van der Waals surface area (Å²) in [5.41, 5.74) is 4.05. The molecule has 0 unspecified atom stereocenters. The van der Waals surface area contributed by atoms with Crippen molar-refractivity contribution >= 4 is 5.91 Å². The molecule has 0 N–H and O–H groups in total. The fraction of sp³-hybridized carbons (Fsp3) is 0.458. The highest BCUT2D eigenvalue weighted by Crippen LogP contribution is 2.29. The Hall–Kier alpha value is -2.37. The van der Waals surface area contributed by atoms with E-state index in [0.29, 0.717) is 6.04 Å². The van der Waals surface area contributed by atoms with Gasteiger partial charge in [-0.05, 0) is 54.7 Å². The van der Waals surface area contributed by atoms with Crippen LogP contribution in [-0.4, -0.2) is 68.3 Å². The lowest BCUT2D eigenvalue weighted by Gasteiger charge is -2.40. The molecule has 2 saturated heterocycles. The molecular weight excluding hydrogens is 364 g/mol. The Kier molecular flexibility index (Phi) is 6.16. The fourth-order valence-electron chi connectivity index (χ4n) is 4.50. The van der Waals surface area contributed by atoms with Gasteiger partial charge in [-0.2, -0.15) is 0 Å². The molecule has 2 aromatic rings. The molecule has 0 radical (unpaired) electrons. The third-order valence-corrected chi connectivity index (χ3v) is 6.28. The summed E-state index contributed by atoms with van der Waals surface area (Å²) in [6, 6.07) is 14.6. The topological polar surface area (TPSA) is 42.0 Å². The van der Waals surface area contributed by atoms with Crippen molar-refractivity contribution in [3.05, 3.63) is 53.6 Å². The zero-order valence-corrected chi connectivity index (χ0v) is 17.4. The summed E-state index contributed by atoms with van der Waals surface area (Å²) in [5, 5.41) is 0. The number of morpholine rings is 1. The normalized spacial score (nSPS) is 18.6. The van der Waals surface area contributed by atoms with Gasteiger partial charge >= 0.3 is 0 Å². The van der Waals surface area contributed by atoms with E-state index in [1.54, 1.807) is 7.11 Å². The second-order valence-electron chi connectivity index (χ2n) is 7.88. The highest BCUT2D eigenvalue weighted by atomic mass is 16.5. The predicted molar refractivity (Wildman–Crippen MR) is 114 cm³/mol. The molecule has 0 saturated carbocycles. The van der Waals surface area contributed by atoms with Gasteiger partial charge < -0.3 is 14.4 Å². The molecule has 5 nitrogen and oxygen atoms in total. The molecule has 0 bridgehead atoms. The minimum absolute atomic E-state index is 0.151. The maximum absolute atomic E-state index is 13.3. The quantitative estimate of drug-likeness (QED) is 0.795. The summed E-state index contributed by atoms with van der Waals surface area (Å²) in [6.45, 7) is 7.39. The van der Waals surface area contributed by atoms with Crippen LogP contribution in [0, 0.1) is 6.92 Å². The van der Waals surface area contributed by atoms with Gasteiger partial charge in [0, 0.05) is 37.8 Å². The van der Waals surface area contributed by atoms with Crippen LogP contribution in [0.25, 0.3) is 11.1 Å². The van der Waals surface area contributed by atoms with E-state index in [1.807, 2.05) is 48.2 Å². The van der Waals surface area contributed by atoms with Gasteiger partial charge in [0.05, 0.1) is 20.3 Å². The summed E-state index contributed by atoms with van der Waals surface area (Å²) in [4.78, 5) is 17.8. The number of nitrogens with zero attached hydrogens (tertiary/aromatic N) is 2. The maximum atomic E-state index is 13.3. The summed E-state index contributed by atoms with van der Waals surface area (Å²) in [5.74, 6) is 0.986. The largest absolute Gasteiger partial charge is 0.497 e. The first-order chi connectivity index (χ1) is 14.2. The maximum Gasteiger partial charge on any atom is 0.254 e. The first-order valence-electron chi connectivity index (χ1n) is 10.5. The van der Waals surface area contributed by atoms with Gasteiger partial charge in [0.15, 0.2) is 0 Å². The molecule has 0 spiro atoms. The Morgan fingerprint density at radius 1 is 1.00 bits per heavy atom. The smallest absolute Gasteiger partial charge is 0.254 e. The van der Waals surface area contributed by atoms with Crippen LogP contribution in [0.3, 0.4) is 0 Å². The Balaban J connectivity index is 1.46.